The van der Waals surface area contributed by atoms with E-state index in [1.165, 1.54) is 0 Å². The number of aryl methyl sites for hydroxylation is 1. The van der Waals surface area contributed by atoms with Crippen molar-refractivity contribution in [1.29, 1.82) is 0 Å². The summed E-state index contributed by atoms with van der Waals surface area (Å²) in [6.45, 7) is 0.590. The Morgan fingerprint density at radius 1 is 1.19 bits per heavy atom. The van der Waals surface area contributed by atoms with Gasteiger partial charge in [0.05, 0.1) is 18.4 Å². The van der Waals surface area contributed by atoms with Crippen LogP contribution >= 0.6 is 0 Å². The van der Waals surface area contributed by atoms with E-state index in [-0.39, 0.29) is 5.91 Å². The first-order valence-corrected chi connectivity index (χ1v) is 8.53. The summed E-state index contributed by atoms with van der Waals surface area (Å²) in [4.78, 5) is 19.8. The van der Waals surface area contributed by atoms with Crippen LogP contribution in [-0.4, -0.2) is 29.5 Å². The Morgan fingerprint density at radius 2 is 2.08 bits per heavy atom. The quantitative estimate of drug-likeness (QED) is 0.543. The SMILES string of the molecule is COc1cccc(Nc2ccccc2C(=O)NCCCc2ncc[nH]2)c1. The molecule has 1 aromatic heterocycles. The molecule has 2 aromatic carbocycles. The van der Waals surface area contributed by atoms with Crippen molar-refractivity contribution >= 4 is 17.3 Å². The molecule has 0 atom stereocenters. The molecule has 3 rings (SSSR count). The molecule has 0 aliphatic carbocycles. The lowest BCUT2D eigenvalue weighted by Gasteiger charge is -2.13. The second kappa shape index (κ2) is 8.71. The van der Waals surface area contributed by atoms with Gasteiger partial charge >= 0.3 is 0 Å². The summed E-state index contributed by atoms with van der Waals surface area (Å²) in [5.74, 6) is 1.59. The number of aromatic amines is 1. The van der Waals surface area contributed by atoms with Gasteiger partial charge in [0.2, 0.25) is 0 Å². The van der Waals surface area contributed by atoms with Gasteiger partial charge in [-0.15, -0.1) is 0 Å². The summed E-state index contributed by atoms with van der Waals surface area (Å²) in [6, 6.07) is 15.0. The van der Waals surface area contributed by atoms with Crippen molar-refractivity contribution in [2.75, 3.05) is 19.0 Å². The third-order valence-corrected chi connectivity index (χ3v) is 3.95. The number of imidazole rings is 1. The first kappa shape index (κ1) is 17.5. The van der Waals surface area contributed by atoms with Crippen molar-refractivity contribution in [2.45, 2.75) is 12.8 Å². The zero-order valence-corrected chi connectivity index (χ0v) is 14.7. The Morgan fingerprint density at radius 3 is 2.88 bits per heavy atom. The number of rotatable bonds is 8. The van der Waals surface area contributed by atoms with E-state index >= 15 is 0 Å². The zero-order chi connectivity index (χ0) is 18.2. The normalized spacial score (nSPS) is 10.3. The monoisotopic (exact) mass is 350 g/mol. The van der Waals surface area contributed by atoms with Gasteiger partial charge in [0.25, 0.3) is 5.91 Å². The predicted octanol–water partition coefficient (Wildman–Crippen LogP) is 3.52. The van der Waals surface area contributed by atoms with Gasteiger partial charge in [-0.3, -0.25) is 4.79 Å². The molecule has 3 aromatic rings. The van der Waals surface area contributed by atoms with Crippen molar-refractivity contribution < 1.29 is 9.53 Å². The smallest absolute Gasteiger partial charge is 0.253 e. The molecular formula is C20H22N4O2. The van der Waals surface area contributed by atoms with Crippen LogP contribution in [0, 0.1) is 0 Å². The average molecular weight is 350 g/mol. The molecule has 0 saturated carbocycles. The Labute approximate surface area is 152 Å². The van der Waals surface area contributed by atoms with Gasteiger partial charge in [-0.1, -0.05) is 18.2 Å². The number of methoxy groups -OCH3 is 1. The molecule has 0 saturated heterocycles. The number of hydrogen-bond donors (Lipinski definition) is 3. The van der Waals surface area contributed by atoms with Crippen LogP contribution in [0.5, 0.6) is 5.75 Å². The fourth-order valence-electron chi connectivity index (χ4n) is 2.63. The molecule has 0 fully saturated rings. The number of anilines is 2. The number of H-pyrrole nitrogens is 1. The number of nitrogens with one attached hydrogen (secondary N) is 3. The van der Waals surface area contributed by atoms with Crippen LogP contribution in [0.3, 0.4) is 0 Å². The number of hydrogen-bond acceptors (Lipinski definition) is 4. The molecule has 3 N–H and O–H groups in total. The van der Waals surface area contributed by atoms with Crippen molar-refractivity contribution in [3.63, 3.8) is 0 Å². The lowest BCUT2D eigenvalue weighted by molar-refractivity contribution is 0.0954. The maximum Gasteiger partial charge on any atom is 0.253 e. The van der Waals surface area contributed by atoms with Crippen LogP contribution in [0.1, 0.15) is 22.6 Å². The molecule has 0 radical (unpaired) electrons. The van der Waals surface area contributed by atoms with E-state index in [9.17, 15) is 4.79 Å². The van der Waals surface area contributed by atoms with E-state index in [4.69, 9.17) is 4.74 Å². The van der Waals surface area contributed by atoms with Gasteiger partial charge in [-0.25, -0.2) is 4.98 Å². The van der Waals surface area contributed by atoms with Crippen LogP contribution in [0.15, 0.2) is 60.9 Å². The van der Waals surface area contributed by atoms with Gasteiger partial charge in [0.15, 0.2) is 0 Å². The van der Waals surface area contributed by atoms with Crippen LogP contribution in [0.4, 0.5) is 11.4 Å². The van der Waals surface area contributed by atoms with Crippen molar-refractivity contribution in [2.24, 2.45) is 0 Å². The lowest BCUT2D eigenvalue weighted by atomic mass is 10.1. The summed E-state index contributed by atoms with van der Waals surface area (Å²) < 4.78 is 5.24. The average Bonchev–Trinajstić information content (AvgIpc) is 3.19. The standard InChI is InChI=1S/C20H22N4O2/c1-26-16-7-4-6-15(14-16)24-18-9-3-2-8-17(18)20(25)23-11-5-10-19-21-12-13-22-19/h2-4,6-9,12-14,24H,5,10-11H2,1H3,(H,21,22)(H,23,25). The van der Waals surface area contributed by atoms with Crippen molar-refractivity contribution in [1.82, 2.24) is 15.3 Å². The largest absolute Gasteiger partial charge is 0.497 e. The molecule has 0 aliphatic heterocycles. The Kier molecular flexibility index (Phi) is 5.88. The Balaban J connectivity index is 1.61. The minimum absolute atomic E-state index is 0.101. The minimum Gasteiger partial charge on any atom is -0.497 e. The second-order valence-electron chi connectivity index (χ2n) is 5.80. The van der Waals surface area contributed by atoms with Crippen molar-refractivity contribution in [3.05, 3.63) is 72.3 Å². The van der Waals surface area contributed by atoms with E-state index in [0.717, 1.165) is 35.8 Å². The fourth-order valence-corrected chi connectivity index (χ4v) is 2.63. The number of carbonyl (C=O) groups excluding carboxylic acids is 1. The highest BCUT2D eigenvalue weighted by molar-refractivity contribution is 6.00. The number of carbonyl (C=O) groups is 1. The van der Waals surface area contributed by atoms with Gasteiger partial charge in [0, 0.05) is 37.1 Å². The van der Waals surface area contributed by atoms with E-state index in [1.807, 2.05) is 48.5 Å². The topological polar surface area (TPSA) is 79.0 Å². The number of amides is 1. The number of benzene rings is 2. The van der Waals surface area contributed by atoms with Gasteiger partial charge in [-0.05, 0) is 30.7 Å². The van der Waals surface area contributed by atoms with Crippen LogP contribution in [0.25, 0.3) is 0 Å². The minimum atomic E-state index is -0.101. The molecule has 1 amide bonds. The Hall–Kier alpha value is -3.28. The van der Waals surface area contributed by atoms with Crippen LogP contribution in [-0.2, 0) is 6.42 Å². The van der Waals surface area contributed by atoms with Gasteiger partial charge in [-0.2, -0.15) is 0 Å². The molecule has 6 nitrogen and oxygen atoms in total. The maximum absolute atomic E-state index is 12.5. The summed E-state index contributed by atoms with van der Waals surface area (Å²) in [7, 11) is 1.63. The van der Waals surface area contributed by atoms with E-state index in [1.54, 1.807) is 19.5 Å². The maximum atomic E-state index is 12.5. The first-order valence-electron chi connectivity index (χ1n) is 8.53. The zero-order valence-electron chi connectivity index (χ0n) is 14.7. The highest BCUT2D eigenvalue weighted by Gasteiger charge is 2.11. The number of ether oxygens (including phenoxy) is 1. The number of para-hydroxylation sites is 1. The van der Waals surface area contributed by atoms with E-state index < -0.39 is 0 Å². The third kappa shape index (κ3) is 4.63. The molecule has 26 heavy (non-hydrogen) atoms. The van der Waals surface area contributed by atoms with Gasteiger partial charge in [0.1, 0.15) is 11.6 Å². The molecule has 1 heterocycles. The van der Waals surface area contributed by atoms with E-state index in [0.29, 0.717) is 12.1 Å². The Bertz CT molecular complexity index is 847. The molecule has 0 bridgehead atoms. The summed E-state index contributed by atoms with van der Waals surface area (Å²) >= 11 is 0. The molecule has 0 aliphatic rings. The lowest BCUT2D eigenvalue weighted by Crippen LogP contribution is -2.25. The first-order chi connectivity index (χ1) is 12.8. The van der Waals surface area contributed by atoms with Gasteiger partial charge < -0.3 is 20.4 Å². The molecule has 134 valence electrons. The molecule has 0 spiro atoms. The number of aromatic nitrogens is 2. The predicted molar refractivity (Wildman–Crippen MR) is 102 cm³/mol. The molecular weight excluding hydrogens is 328 g/mol. The molecule has 6 heteroatoms. The van der Waals surface area contributed by atoms with Crippen LogP contribution in [0.2, 0.25) is 0 Å². The third-order valence-electron chi connectivity index (χ3n) is 3.95. The summed E-state index contributed by atoms with van der Waals surface area (Å²) in [5.41, 5.74) is 2.22. The summed E-state index contributed by atoms with van der Waals surface area (Å²) in [6.07, 6.45) is 5.16. The van der Waals surface area contributed by atoms with E-state index in [2.05, 4.69) is 20.6 Å². The number of nitrogens with zero attached hydrogens (tertiary/aromatic N) is 1. The second-order valence-corrected chi connectivity index (χ2v) is 5.80. The molecule has 0 unspecified atom stereocenters. The highest BCUT2D eigenvalue weighted by atomic mass is 16.5. The fraction of sp³-hybridized carbons (Fsp3) is 0.200. The highest BCUT2D eigenvalue weighted by Crippen LogP contribution is 2.23. The summed E-state index contributed by atoms with van der Waals surface area (Å²) in [5, 5.41) is 6.25. The van der Waals surface area contributed by atoms with Crippen molar-refractivity contribution in [3.8, 4) is 5.75 Å². The van der Waals surface area contributed by atoms with Crippen LogP contribution < -0.4 is 15.4 Å².